The summed E-state index contributed by atoms with van der Waals surface area (Å²) < 4.78 is 50.2. The average Bonchev–Trinajstić information content (AvgIpc) is 3.46. The van der Waals surface area contributed by atoms with E-state index in [1.165, 1.54) is 148 Å². The molecular weight excluding hydrogens is 1010 g/mol. The van der Waals surface area contributed by atoms with E-state index in [1.54, 1.807) is 62.4 Å². The van der Waals surface area contributed by atoms with Gasteiger partial charge in [-0.15, -0.1) is 0 Å². The van der Waals surface area contributed by atoms with Crippen LogP contribution in [-0.4, -0.2) is 74.5 Å². The highest BCUT2D eigenvalue weighted by molar-refractivity contribution is 5.95. The van der Waals surface area contributed by atoms with Crippen LogP contribution in [0.15, 0.2) is 146 Å². The standard InChI is InChI=1S/C64H70O15/c1-5-7-9-11-13-15-41-72-53-29-17-49(18-30-53)61(67)76-57-37-25-51(26-38-57)63(69)78-55-33-21-47(22-34-55)59(65)74-45(3)43-71-44-46(4)75-60(66)48-23-35-56(36-24-48)79-64(70)52-27-39-58(40-28-52)77-62(68)50-19-31-54(32-20-50)73-42-16-14-12-10-8-6-2/h17-40,45-46H,5-16,41-44H2,1-4H3/t45-,46-/m0/s1. The van der Waals surface area contributed by atoms with Gasteiger partial charge in [-0.1, -0.05) is 78.1 Å². The van der Waals surface area contributed by atoms with Gasteiger partial charge in [-0.2, -0.15) is 0 Å². The molecule has 0 aliphatic heterocycles. The maximum absolute atomic E-state index is 12.9. The van der Waals surface area contributed by atoms with Crippen LogP contribution in [0.4, 0.5) is 0 Å². The van der Waals surface area contributed by atoms with Gasteiger partial charge in [0.15, 0.2) is 0 Å². The predicted molar refractivity (Wildman–Crippen MR) is 297 cm³/mol. The third kappa shape index (κ3) is 20.9. The van der Waals surface area contributed by atoms with Crippen LogP contribution in [0.1, 0.15) is 167 Å². The summed E-state index contributed by atoms with van der Waals surface area (Å²) >= 11 is 0. The van der Waals surface area contributed by atoms with E-state index in [-0.39, 0.29) is 58.5 Å². The lowest BCUT2D eigenvalue weighted by atomic mass is 10.1. The van der Waals surface area contributed by atoms with Crippen LogP contribution in [0.3, 0.4) is 0 Å². The minimum Gasteiger partial charge on any atom is -0.494 e. The summed E-state index contributed by atoms with van der Waals surface area (Å²) in [5, 5.41) is 0. The first-order valence-electron chi connectivity index (χ1n) is 27.1. The van der Waals surface area contributed by atoms with Gasteiger partial charge in [0.05, 0.1) is 59.8 Å². The highest BCUT2D eigenvalue weighted by Crippen LogP contribution is 2.23. The Hall–Kier alpha value is -8.30. The summed E-state index contributed by atoms with van der Waals surface area (Å²) in [6.45, 7) is 8.97. The molecule has 15 nitrogen and oxygen atoms in total. The second kappa shape index (κ2) is 32.4. The van der Waals surface area contributed by atoms with Gasteiger partial charge in [-0.3, -0.25) is 0 Å². The summed E-state index contributed by atoms with van der Waals surface area (Å²) in [5.74, 6) is -1.41. The van der Waals surface area contributed by atoms with E-state index < -0.39 is 48.0 Å². The Kier molecular flexibility index (Phi) is 24.6. The number of hydrogen-bond donors (Lipinski definition) is 0. The lowest BCUT2D eigenvalue weighted by Crippen LogP contribution is -2.25. The molecule has 6 rings (SSSR count). The van der Waals surface area contributed by atoms with Crippen molar-refractivity contribution in [2.24, 2.45) is 0 Å². The molecule has 0 saturated heterocycles. The molecule has 0 spiro atoms. The van der Waals surface area contributed by atoms with Crippen molar-refractivity contribution in [1.29, 1.82) is 0 Å². The van der Waals surface area contributed by atoms with Crippen molar-refractivity contribution in [2.75, 3.05) is 26.4 Å². The largest absolute Gasteiger partial charge is 0.494 e. The van der Waals surface area contributed by atoms with Crippen molar-refractivity contribution in [3.8, 4) is 34.5 Å². The monoisotopic (exact) mass is 1080 g/mol. The molecule has 0 unspecified atom stereocenters. The zero-order chi connectivity index (χ0) is 56.2. The molecule has 0 fully saturated rings. The molecule has 416 valence electrons. The molecule has 0 saturated carbocycles. The van der Waals surface area contributed by atoms with Gasteiger partial charge in [-0.25, -0.2) is 28.8 Å². The Bertz CT molecular complexity index is 2650. The van der Waals surface area contributed by atoms with Gasteiger partial charge in [-0.05, 0) is 172 Å². The smallest absolute Gasteiger partial charge is 0.343 e. The number of ether oxygens (including phenoxy) is 9. The van der Waals surface area contributed by atoms with Crippen molar-refractivity contribution in [1.82, 2.24) is 0 Å². The maximum atomic E-state index is 12.9. The van der Waals surface area contributed by atoms with E-state index in [0.29, 0.717) is 35.8 Å². The summed E-state index contributed by atoms with van der Waals surface area (Å²) in [5.41, 5.74) is 1.58. The summed E-state index contributed by atoms with van der Waals surface area (Å²) in [4.78, 5) is 76.9. The van der Waals surface area contributed by atoms with E-state index in [2.05, 4.69) is 13.8 Å². The van der Waals surface area contributed by atoms with Crippen LogP contribution in [0.2, 0.25) is 0 Å². The first kappa shape index (κ1) is 59.9. The van der Waals surface area contributed by atoms with Crippen molar-refractivity contribution >= 4 is 35.8 Å². The first-order chi connectivity index (χ1) is 38.4. The average molecular weight is 1080 g/mol. The molecule has 0 radical (unpaired) electrons. The Morgan fingerprint density at radius 2 is 0.532 bits per heavy atom. The Morgan fingerprint density at radius 1 is 0.304 bits per heavy atom. The molecule has 0 aliphatic rings. The van der Waals surface area contributed by atoms with Crippen LogP contribution in [0, 0.1) is 0 Å². The molecule has 0 heterocycles. The second-order valence-corrected chi connectivity index (χ2v) is 18.9. The number of carbonyl (C=O) groups excluding carboxylic acids is 6. The normalized spacial score (nSPS) is 11.6. The predicted octanol–water partition coefficient (Wildman–Crippen LogP) is 13.8. The lowest BCUT2D eigenvalue weighted by Gasteiger charge is -2.17. The molecule has 0 bridgehead atoms. The quantitative estimate of drug-likeness (QED) is 0.0220. The fraction of sp³-hybridized carbons (Fsp3) is 0.344. The highest BCUT2D eigenvalue weighted by Gasteiger charge is 2.19. The number of hydrogen-bond acceptors (Lipinski definition) is 15. The van der Waals surface area contributed by atoms with Crippen LogP contribution in [0.5, 0.6) is 34.5 Å². The van der Waals surface area contributed by atoms with Crippen molar-refractivity contribution in [2.45, 2.75) is 117 Å². The molecule has 2 atom stereocenters. The number of unbranched alkanes of at least 4 members (excludes halogenated alkanes) is 10. The Labute approximate surface area is 462 Å². The molecule has 0 aromatic heterocycles. The molecule has 0 N–H and O–H groups in total. The van der Waals surface area contributed by atoms with Gasteiger partial charge in [0.25, 0.3) is 0 Å². The molecular formula is C64H70O15. The molecule has 6 aromatic rings. The second-order valence-electron chi connectivity index (χ2n) is 18.9. The number of rotatable bonds is 32. The SMILES string of the molecule is CCCCCCCCOc1ccc(C(=O)Oc2ccc(C(=O)Oc3ccc(C(=O)O[C@@H](C)COC[C@H](C)OC(=O)c4ccc(OC(=O)c5ccc(OC(=O)c6ccc(OCCCCCCCC)cc6)cc5)cc4)cc3)cc2)cc1. The number of carbonyl (C=O) groups is 6. The molecule has 0 amide bonds. The topological polar surface area (TPSA) is 185 Å². The third-order valence-corrected chi connectivity index (χ3v) is 12.2. The summed E-state index contributed by atoms with van der Waals surface area (Å²) in [6.07, 6.45) is 12.8. The van der Waals surface area contributed by atoms with E-state index >= 15 is 0 Å². The van der Waals surface area contributed by atoms with Crippen LogP contribution in [0.25, 0.3) is 0 Å². The molecule has 79 heavy (non-hydrogen) atoms. The van der Waals surface area contributed by atoms with E-state index in [9.17, 15) is 28.8 Å². The van der Waals surface area contributed by atoms with Crippen LogP contribution >= 0.6 is 0 Å². The maximum Gasteiger partial charge on any atom is 0.343 e. The number of esters is 6. The summed E-state index contributed by atoms with van der Waals surface area (Å²) in [6, 6.07) is 37.1. The van der Waals surface area contributed by atoms with E-state index in [4.69, 9.17) is 42.6 Å². The van der Waals surface area contributed by atoms with Crippen molar-refractivity contribution in [3.05, 3.63) is 179 Å². The first-order valence-corrected chi connectivity index (χ1v) is 27.1. The minimum atomic E-state index is -0.658. The summed E-state index contributed by atoms with van der Waals surface area (Å²) in [7, 11) is 0. The van der Waals surface area contributed by atoms with Gasteiger partial charge in [0.2, 0.25) is 0 Å². The third-order valence-electron chi connectivity index (χ3n) is 12.2. The van der Waals surface area contributed by atoms with Crippen molar-refractivity contribution in [3.63, 3.8) is 0 Å². The fourth-order valence-corrected chi connectivity index (χ4v) is 7.79. The number of benzene rings is 6. The fourth-order valence-electron chi connectivity index (χ4n) is 7.79. The zero-order valence-electron chi connectivity index (χ0n) is 45.4. The molecule has 6 aromatic carbocycles. The Balaban J connectivity index is 0.832. The van der Waals surface area contributed by atoms with E-state index in [1.807, 2.05) is 0 Å². The van der Waals surface area contributed by atoms with Crippen molar-refractivity contribution < 1.29 is 71.4 Å². The zero-order valence-corrected chi connectivity index (χ0v) is 45.4. The molecule has 0 aliphatic carbocycles. The highest BCUT2D eigenvalue weighted by atomic mass is 16.6. The van der Waals surface area contributed by atoms with Crippen LogP contribution < -0.4 is 28.4 Å². The van der Waals surface area contributed by atoms with Gasteiger partial charge in [0.1, 0.15) is 46.7 Å². The van der Waals surface area contributed by atoms with Gasteiger partial charge >= 0.3 is 35.8 Å². The van der Waals surface area contributed by atoms with Gasteiger partial charge in [0, 0.05) is 0 Å². The lowest BCUT2D eigenvalue weighted by molar-refractivity contribution is -0.0262. The van der Waals surface area contributed by atoms with E-state index in [0.717, 1.165) is 25.7 Å². The molecule has 15 heteroatoms. The Morgan fingerprint density at radius 3 is 0.797 bits per heavy atom. The van der Waals surface area contributed by atoms with Crippen LogP contribution in [-0.2, 0) is 14.2 Å². The van der Waals surface area contributed by atoms with Gasteiger partial charge < -0.3 is 42.6 Å². The minimum absolute atomic E-state index is 0.0151.